The number of thiophene rings is 1. The third kappa shape index (κ3) is 1.57. The fourth-order valence-electron chi connectivity index (χ4n) is 2.14. The maximum absolute atomic E-state index is 3.60. The van der Waals surface area contributed by atoms with Gasteiger partial charge in [0.05, 0.1) is 17.4 Å². The Kier molecular flexibility index (Phi) is 2.33. The Hall–Kier alpha value is -1.48. The van der Waals surface area contributed by atoms with Crippen LogP contribution in [0.4, 0.5) is 11.4 Å². The Morgan fingerprint density at radius 3 is 2.44 bits per heavy atom. The standard InChI is InChI=1S/C13H14N2S/c1-9-13(12-7-4-8-16-12)15-11-6-3-2-5-10(11)14-9/h2-9,13-15H,1H3/t9-,13+/m0/s1. The van der Waals surface area contributed by atoms with Crippen molar-refractivity contribution in [1.82, 2.24) is 0 Å². The molecule has 0 fully saturated rings. The zero-order valence-corrected chi connectivity index (χ0v) is 9.92. The predicted octanol–water partition coefficient (Wildman–Crippen LogP) is 3.72. The highest BCUT2D eigenvalue weighted by molar-refractivity contribution is 7.10. The van der Waals surface area contributed by atoms with Crippen molar-refractivity contribution in [1.29, 1.82) is 0 Å². The highest BCUT2D eigenvalue weighted by Crippen LogP contribution is 2.35. The van der Waals surface area contributed by atoms with Gasteiger partial charge < -0.3 is 10.6 Å². The molecule has 1 aromatic carbocycles. The van der Waals surface area contributed by atoms with Gasteiger partial charge in [0.25, 0.3) is 0 Å². The number of nitrogens with one attached hydrogen (secondary N) is 2. The van der Waals surface area contributed by atoms with E-state index in [-0.39, 0.29) is 0 Å². The van der Waals surface area contributed by atoms with Crippen LogP contribution in [0.15, 0.2) is 41.8 Å². The van der Waals surface area contributed by atoms with Crippen molar-refractivity contribution in [3.8, 4) is 0 Å². The summed E-state index contributed by atoms with van der Waals surface area (Å²) in [6, 6.07) is 13.4. The van der Waals surface area contributed by atoms with E-state index in [9.17, 15) is 0 Å². The molecule has 2 aromatic rings. The Morgan fingerprint density at radius 2 is 1.75 bits per heavy atom. The Balaban J connectivity index is 1.95. The molecular formula is C13H14N2S. The van der Waals surface area contributed by atoms with Gasteiger partial charge in [-0.1, -0.05) is 18.2 Å². The number of para-hydroxylation sites is 2. The lowest BCUT2D eigenvalue weighted by molar-refractivity contribution is 0.660. The van der Waals surface area contributed by atoms with Crippen LogP contribution in [0.5, 0.6) is 0 Å². The van der Waals surface area contributed by atoms with Gasteiger partial charge >= 0.3 is 0 Å². The second-order valence-electron chi connectivity index (χ2n) is 4.12. The molecular weight excluding hydrogens is 216 g/mol. The van der Waals surface area contributed by atoms with Gasteiger partial charge in [0, 0.05) is 10.9 Å². The molecule has 3 rings (SSSR count). The van der Waals surface area contributed by atoms with Crippen molar-refractivity contribution in [2.24, 2.45) is 0 Å². The number of fused-ring (bicyclic) bond motifs is 1. The second kappa shape index (κ2) is 3.83. The first-order valence-electron chi connectivity index (χ1n) is 5.50. The molecule has 2 nitrogen and oxygen atoms in total. The Bertz CT molecular complexity index is 478. The lowest BCUT2D eigenvalue weighted by Gasteiger charge is -2.33. The van der Waals surface area contributed by atoms with Crippen molar-refractivity contribution in [2.75, 3.05) is 10.6 Å². The van der Waals surface area contributed by atoms with Gasteiger partial charge in [0.2, 0.25) is 0 Å². The zero-order valence-electron chi connectivity index (χ0n) is 9.10. The van der Waals surface area contributed by atoms with Crippen LogP contribution in [-0.4, -0.2) is 6.04 Å². The van der Waals surface area contributed by atoms with Crippen LogP contribution in [-0.2, 0) is 0 Å². The van der Waals surface area contributed by atoms with Gasteiger partial charge in [-0.2, -0.15) is 0 Å². The van der Waals surface area contributed by atoms with Gasteiger partial charge in [-0.25, -0.2) is 0 Å². The van der Waals surface area contributed by atoms with Crippen molar-refractivity contribution in [2.45, 2.75) is 19.0 Å². The van der Waals surface area contributed by atoms with E-state index in [1.807, 2.05) is 0 Å². The minimum absolute atomic E-state index is 0.370. The summed E-state index contributed by atoms with van der Waals surface area (Å²) in [6.07, 6.45) is 0. The molecule has 0 amide bonds. The van der Waals surface area contributed by atoms with Gasteiger partial charge in [-0.15, -0.1) is 11.3 Å². The molecule has 0 saturated heterocycles. The fourth-order valence-corrected chi connectivity index (χ4v) is 3.02. The molecule has 82 valence electrons. The first-order chi connectivity index (χ1) is 7.84. The predicted molar refractivity (Wildman–Crippen MR) is 70.2 cm³/mol. The molecule has 1 aliphatic rings. The fraction of sp³-hybridized carbons (Fsp3) is 0.231. The highest BCUT2D eigenvalue weighted by Gasteiger charge is 2.25. The van der Waals surface area contributed by atoms with E-state index in [0.717, 1.165) is 0 Å². The monoisotopic (exact) mass is 230 g/mol. The lowest BCUT2D eigenvalue weighted by atomic mass is 10.0. The summed E-state index contributed by atoms with van der Waals surface area (Å²) < 4.78 is 0. The van der Waals surface area contributed by atoms with Gasteiger partial charge in [0.1, 0.15) is 0 Å². The van der Waals surface area contributed by atoms with Crippen LogP contribution >= 0.6 is 11.3 Å². The molecule has 3 heteroatoms. The Morgan fingerprint density at radius 1 is 1.00 bits per heavy atom. The van der Waals surface area contributed by atoms with Crippen molar-refractivity contribution < 1.29 is 0 Å². The molecule has 1 aromatic heterocycles. The molecule has 0 unspecified atom stereocenters. The smallest absolute Gasteiger partial charge is 0.0805 e. The topological polar surface area (TPSA) is 24.1 Å². The number of hydrogen-bond donors (Lipinski definition) is 2. The summed E-state index contributed by atoms with van der Waals surface area (Å²) in [4.78, 5) is 1.38. The van der Waals surface area contributed by atoms with Crippen LogP contribution in [0.3, 0.4) is 0 Å². The van der Waals surface area contributed by atoms with Crippen LogP contribution in [0, 0.1) is 0 Å². The maximum Gasteiger partial charge on any atom is 0.0805 e. The van der Waals surface area contributed by atoms with Crippen LogP contribution in [0.25, 0.3) is 0 Å². The average Bonchev–Trinajstić information content (AvgIpc) is 2.81. The summed E-state index contributed by atoms with van der Waals surface area (Å²) in [5.74, 6) is 0. The zero-order chi connectivity index (χ0) is 11.0. The van der Waals surface area contributed by atoms with E-state index in [0.29, 0.717) is 12.1 Å². The third-order valence-corrected chi connectivity index (χ3v) is 3.93. The van der Waals surface area contributed by atoms with E-state index in [4.69, 9.17) is 0 Å². The third-order valence-electron chi connectivity index (χ3n) is 2.97. The number of rotatable bonds is 1. The number of hydrogen-bond acceptors (Lipinski definition) is 3. The lowest BCUT2D eigenvalue weighted by Crippen LogP contribution is -2.33. The normalized spacial score (nSPS) is 23.1. The van der Waals surface area contributed by atoms with E-state index in [1.165, 1.54) is 16.3 Å². The van der Waals surface area contributed by atoms with E-state index in [2.05, 4.69) is 59.3 Å². The first kappa shape index (κ1) is 9.73. The molecule has 0 bridgehead atoms. The number of anilines is 2. The van der Waals surface area contributed by atoms with Crippen molar-refractivity contribution in [3.05, 3.63) is 46.7 Å². The summed E-state index contributed by atoms with van der Waals surface area (Å²) in [5, 5.41) is 9.27. The Labute approximate surface area is 99.3 Å². The summed E-state index contributed by atoms with van der Waals surface area (Å²) in [5.41, 5.74) is 2.39. The maximum atomic E-state index is 3.60. The molecule has 16 heavy (non-hydrogen) atoms. The van der Waals surface area contributed by atoms with E-state index >= 15 is 0 Å². The van der Waals surface area contributed by atoms with Crippen LogP contribution in [0.1, 0.15) is 17.8 Å². The van der Waals surface area contributed by atoms with Gasteiger partial charge in [0.15, 0.2) is 0 Å². The first-order valence-corrected chi connectivity index (χ1v) is 6.38. The van der Waals surface area contributed by atoms with Gasteiger partial charge in [-0.05, 0) is 30.5 Å². The average molecular weight is 230 g/mol. The van der Waals surface area contributed by atoms with E-state index < -0.39 is 0 Å². The van der Waals surface area contributed by atoms with Crippen LogP contribution < -0.4 is 10.6 Å². The molecule has 2 N–H and O–H groups in total. The van der Waals surface area contributed by atoms with Crippen LogP contribution in [0.2, 0.25) is 0 Å². The quantitative estimate of drug-likeness (QED) is 0.780. The molecule has 0 spiro atoms. The molecule has 0 radical (unpaired) electrons. The van der Waals surface area contributed by atoms with Crippen molar-refractivity contribution >= 4 is 22.7 Å². The highest BCUT2D eigenvalue weighted by atomic mass is 32.1. The molecule has 0 aliphatic carbocycles. The number of benzene rings is 1. The summed E-state index contributed by atoms with van der Waals surface area (Å²) in [7, 11) is 0. The molecule has 2 heterocycles. The van der Waals surface area contributed by atoms with Gasteiger partial charge in [-0.3, -0.25) is 0 Å². The second-order valence-corrected chi connectivity index (χ2v) is 5.10. The van der Waals surface area contributed by atoms with E-state index in [1.54, 1.807) is 11.3 Å². The minimum Gasteiger partial charge on any atom is -0.378 e. The molecule has 2 atom stereocenters. The largest absolute Gasteiger partial charge is 0.378 e. The summed E-state index contributed by atoms with van der Waals surface area (Å²) >= 11 is 1.81. The summed E-state index contributed by atoms with van der Waals surface area (Å²) in [6.45, 7) is 2.22. The minimum atomic E-state index is 0.370. The SMILES string of the molecule is C[C@@H]1Nc2ccccc2N[C@H]1c1cccs1. The van der Waals surface area contributed by atoms with Crippen molar-refractivity contribution in [3.63, 3.8) is 0 Å². The molecule has 1 aliphatic heterocycles. The molecule has 0 saturated carbocycles.